The smallest absolute Gasteiger partial charge is 0.201 e. The van der Waals surface area contributed by atoms with Gasteiger partial charge in [-0.15, -0.1) is 0 Å². The third-order valence-corrected chi connectivity index (χ3v) is 4.19. The van der Waals surface area contributed by atoms with Gasteiger partial charge in [0.15, 0.2) is 0 Å². The molecule has 0 amide bonds. The molecule has 2 unspecified atom stereocenters. The molecular weight excluding hydrogens is 240 g/mol. The van der Waals surface area contributed by atoms with Gasteiger partial charge in [0.05, 0.1) is 22.7 Å². The summed E-state index contributed by atoms with van der Waals surface area (Å²) in [4.78, 5) is 4.37. The lowest BCUT2D eigenvalue weighted by Crippen LogP contribution is -2.37. The highest BCUT2D eigenvalue weighted by atomic mass is 16.5. The first-order valence-electron chi connectivity index (χ1n) is 6.37. The number of hydrogen-bond acceptors (Lipinski definition) is 4. The van der Waals surface area contributed by atoms with E-state index in [1.54, 1.807) is 6.07 Å². The summed E-state index contributed by atoms with van der Waals surface area (Å²) in [6.07, 6.45) is 0.957. The SMILES string of the molecule is CC1OCCC1(C)n1c(N)nc2c(C#N)cccc21. The predicted molar refractivity (Wildman–Crippen MR) is 72.5 cm³/mol. The van der Waals surface area contributed by atoms with E-state index in [1.165, 1.54) is 0 Å². The van der Waals surface area contributed by atoms with E-state index in [0.717, 1.165) is 11.9 Å². The minimum Gasteiger partial charge on any atom is -0.376 e. The molecule has 1 saturated heterocycles. The highest BCUT2D eigenvalue weighted by Gasteiger charge is 2.41. The molecule has 2 aromatic rings. The molecule has 0 saturated carbocycles. The van der Waals surface area contributed by atoms with Crippen molar-refractivity contribution in [2.45, 2.75) is 31.9 Å². The van der Waals surface area contributed by atoms with Crippen LogP contribution in [-0.2, 0) is 10.3 Å². The van der Waals surface area contributed by atoms with E-state index in [2.05, 4.69) is 18.0 Å². The van der Waals surface area contributed by atoms with Gasteiger partial charge < -0.3 is 15.0 Å². The molecule has 19 heavy (non-hydrogen) atoms. The molecule has 1 aromatic carbocycles. The second kappa shape index (κ2) is 3.97. The summed E-state index contributed by atoms with van der Waals surface area (Å²) >= 11 is 0. The van der Waals surface area contributed by atoms with Crippen molar-refractivity contribution in [3.05, 3.63) is 23.8 Å². The van der Waals surface area contributed by atoms with Gasteiger partial charge in [0.2, 0.25) is 5.95 Å². The van der Waals surface area contributed by atoms with E-state index < -0.39 is 0 Å². The maximum atomic E-state index is 9.15. The zero-order chi connectivity index (χ0) is 13.6. The summed E-state index contributed by atoms with van der Waals surface area (Å²) in [6.45, 7) is 4.89. The van der Waals surface area contributed by atoms with Crippen LogP contribution in [0, 0.1) is 11.3 Å². The summed E-state index contributed by atoms with van der Waals surface area (Å²) in [5.74, 6) is 0.442. The monoisotopic (exact) mass is 256 g/mol. The van der Waals surface area contributed by atoms with Gasteiger partial charge in [0, 0.05) is 6.61 Å². The second-order valence-electron chi connectivity index (χ2n) is 5.21. The Morgan fingerprint density at radius 1 is 1.58 bits per heavy atom. The molecule has 98 valence electrons. The fourth-order valence-corrected chi connectivity index (χ4v) is 2.86. The molecule has 0 spiro atoms. The van der Waals surface area contributed by atoms with Gasteiger partial charge >= 0.3 is 0 Å². The zero-order valence-corrected chi connectivity index (χ0v) is 11.1. The van der Waals surface area contributed by atoms with Crippen LogP contribution in [0.5, 0.6) is 0 Å². The maximum absolute atomic E-state index is 9.15. The van der Waals surface area contributed by atoms with Crippen molar-refractivity contribution in [1.82, 2.24) is 9.55 Å². The number of para-hydroxylation sites is 1. The van der Waals surface area contributed by atoms with E-state index >= 15 is 0 Å². The van der Waals surface area contributed by atoms with E-state index in [-0.39, 0.29) is 11.6 Å². The Labute approximate surface area is 111 Å². The number of aromatic nitrogens is 2. The molecule has 0 aliphatic carbocycles. The number of benzene rings is 1. The highest BCUT2D eigenvalue weighted by molar-refractivity contribution is 5.84. The number of nitrogens with zero attached hydrogens (tertiary/aromatic N) is 3. The fourth-order valence-electron chi connectivity index (χ4n) is 2.86. The van der Waals surface area contributed by atoms with Crippen LogP contribution < -0.4 is 5.73 Å². The van der Waals surface area contributed by atoms with Crippen LogP contribution in [0.3, 0.4) is 0 Å². The molecule has 5 nitrogen and oxygen atoms in total. The Hall–Kier alpha value is -2.06. The van der Waals surface area contributed by atoms with Crippen LogP contribution in [-0.4, -0.2) is 22.3 Å². The van der Waals surface area contributed by atoms with Crippen LogP contribution in [0.2, 0.25) is 0 Å². The maximum Gasteiger partial charge on any atom is 0.201 e. The average Bonchev–Trinajstić information content (AvgIpc) is 2.89. The Kier molecular flexibility index (Phi) is 2.51. The first-order valence-corrected chi connectivity index (χ1v) is 6.37. The minimum atomic E-state index is -0.215. The molecule has 1 aromatic heterocycles. The third kappa shape index (κ3) is 1.53. The van der Waals surface area contributed by atoms with E-state index in [0.29, 0.717) is 23.6 Å². The lowest BCUT2D eigenvalue weighted by molar-refractivity contribution is 0.0783. The van der Waals surface area contributed by atoms with Gasteiger partial charge in [-0.2, -0.15) is 5.26 Å². The summed E-state index contributed by atoms with van der Waals surface area (Å²) in [5, 5.41) is 9.15. The number of nitriles is 1. The Bertz CT molecular complexity index is 685. The fraction of sp³-hybridized carbons (Fsp3) is 0.429. The number of anilines is 1. The van der Waals surface area contributed by atoms with Crippen LogP contribution in [0.15, 0.2) is 18.2 Å². The van der Waals surface area contributed by atoms with Crippen LogP contribution in [0.4, 0.5) is 5.95 Å². The second-order valence-corrected chi connectivity index (χ2v) is 5.21. The van der Waals surface area contributed by atoms with E-state index in [1.807, 2.05) is 23.6 Å². The number of nitrogen functional groups attached to an aromatic ring is 1. The normalized spacial score (nSPS) is 26.7. The molecular formula is C14H16N4O. The molecule has 0 bridgehead atoms. The number of hydrogen-bond donors (Lipinski definition) is 1. The number of imidazole rings is 1. The van der Waals surface area contributed by atoms with Crippen LogP contribution in [0.1, 0.15) is 25.8 Å². The zero-order valence-electron chi connectivity index (χ0n) is 11.1. The van der Waals surface area contributed by atoms with Crippen molar-refractivity contribution >= 4 is 17.0 Å². The van der Waals surface area contributed by atoms with Gasteiger partial charge in [-0.1, -0.05) is 6.07 Å². The average molecular weight is 256 g/mol. The minimum absolute atomic E-state index is 0.0675. The molecule has 2 atom stereocenters. The standard InChI is InChI=1S/C14H16N4O/c1-9-14(2,6-7-19-9)18-11-5-3-4-10(8-15)12(11)17-13(18)16/h3-5,9H,6-7H2,1-2H3,(H2,16,17). The summed E-state index contributed by atoms with van der Waals surface area (Å²) in [7, 11) is 0. The van der Waals surface area contributed by atoms with Crippen molar-refractivity contribution in [2.75, 3.05) is 12.3 Å². The molecule has 3 rings (SSSR count). The Morgan fingerprint density at radius 2 is 2.37 bits per heavy atom. The van der Waals surface area contributed by atoms with Gasteiger partial charge in [-0.05, 0) is 32.4 Å². The molecule has 1 fully saturated rings. The van der Waals surface area contributed by atoms with Crippen molar-refractivity contribution in [1.29, 1.82) is 5.26 Å². The van der Waals surface area contributed by atoms with Gasteiger partial charge in [0.25, 0.3) is 0 Å². The molecule has 1 aliphatic rings. The van der Waals surface area contributed by atoms with Gasteiger partial charge in [0.1, 0.15) is 11.6 Å². The Balaban J connectivity index is 2.31. The number of fused-ring (bicyclic) bond motifs is 1. The number of ether oxygens (including phenoxy) is 1. The van der Waals surface area contributed by atoms with Gasteiger partial charge in [-0.3, -0.25) is 0 Å². The highest BCUT2D eigenvalue weighted by Crippen LogP contribution is 2.38. The van der Waals surface area contributed by atoms with E-state index in [9.17, 15) is 0 Å². The van der Waals surface area contributed by atoms with Crippen molar-refractivity contribution in [3.8, 4) is 6.07 Å². The summed E-state index contributed by atoms with van der Waals surface area (Å²) in [6, 6.07) is 7.74. The lowest BCUT2D eigenvalue weighted by atomic mass is 9.94. The molecule has 2 N–H and O–H groups in total. The Morgan fingerprint density at radius 3 is 3.00 bits per heavy atom. The molecule has 0 radical (unpaired) electrons. The van der Waals surface area contributed by atoms with Crippen LogP contribution in [0.25, 0.3) is 11.0 Å². The molecule has 1 aliphatic heterocycles. The lowest BCUT2D eigenvalue weighted by Gasteiger charge is -2.31. The topological polar surface area (TPSA) is 76.9 Å². The first kappa shape index (κ1) is 12.0. The third-order valence-electron chi connectivity index (χ3n) is 4.19. The van der Waals surface area contributed by atoms with Crippen molar-refractivity contribution < 1.29 is 4.74 Å². The molecule has 5 heteroatoms. The van der Waals surface area contributed by atoms with E-state index in [4.69, 9.17) is 15.7 Å². The summed E-state index contributed by atoms with van der Waals surface area (Å²) < 4.78 is 7.70. The summed E-state index contributed by atoms with van der Waals surface area (Å²) in [5.41, 5.74) is 8.00. The van der Waals surface area contributed by atoms with Crippen molar-refractivity contribution in [3.63, 3.8) is 0 Å². The quantitative estimate of drug-likeness (QED) is 0.846. The first-order chi connectivity index (χ1) is 9.08. The van der Waals surface area contributed by atoms with Crippen LogP contribution >= 0.6 is 0 Å². The number of rotatable bonds is 1. The molecule has 2 heterocycles. The van der Waals surface area contributed by atoms with Gasteiger partial charge in [-0.25, -0.2) is 4.98 Å². The number of nitrogens with two attached hydrogens (primary N) is 1. The largest absolute Gasteiger partial charge is 0.376 e. The predicted octanol–water partition coefficient (Wildman–Crippen LogP) is 2.01. The van der Waals surface area contributed by atoms with Crippen molar-refractivity contribution in [2.24, 2.45) is 0 Å².